The summed E-state index contributed by atoms with van der Waals surface area (Å²) in [5.41, 5.74) is 2.30. The van der Waals surface area contributed by atoms with E-state index in [1.54, 1.807) is 0 Å². The van der Waals surface area contributed by atoms with E-state index in [-0.39, 0.29) is 5.66 Å². The van der Waals surface area contributed by atoms with Crippen LogP contribution in [0, 0.1) is 6.92 Å². The predicted octanol–water partition coefficient (Wildman–Crippen LogP) is 1.99. The molecule has 0 unspecified atom stereocenters. The minimum absolute atomic E-state index is 0.0247. The van der Waals surface area contributed by atoms with Gasteiger partial charge in [-0.2, -0.15) is 0 Å². The number of anilines is 2. The number of nitrogens with zero attached hydrogens (tertiary/aromatic N) is 2. The molecule has 0 spiro atoms. The second-order valence-corrected chi connectivity index (χ2v) is 4.13. The Morgan fingerprint density at radius 1 is 1.46 bits per heavy atom. The molecule has 1 aromatic heterocycles. The fraction of sp³-hybridized carbons (Fsp3) is 0.500. The molecule has 0 saturated heterocycles. The van der Waals surface area contributed by atoms with Gasteiger partial charge in [-0.3, -0.25) is 0 Å². The molecular formula is C10H15N3. The number of nitrogens with one attached hydrogen (secondary N) is 1. The molecule has 0 saturated carbocycles. The molecule has 0 radical (unpaired) electrons. The summed E-state index contributed by atoms with van der Waals surface area (Å²) in [5.74, 6) is 1.04. The molecule has 2 rings (SSSR count). The summed E-state index contributed by atoms with van der Waals surface area (Å²) in [6.07, 6.45) is 1.90. The lowest BCUT2D eigenvalue weighted by Crippen LogP contribution is -2.42. The zero-order valence-electron chi connectivity index (χ0n) is 8.55. The van der Waals surface area contributed by atoms with Gasteiger partial charge in [0, 0.05) is 13.2 Å². The number of rotatable bonds is 0. The molecule has 0 aromatic carbocycles. The summed E-state index contributed by atoms with van der Waals surface area (Å²) < 4.78 is 0. The van der Waals surface area contributed by atoms with Crippen molar-refractivity contribution in [3.05, 3.63) is 17.8 Å². The molecule has 1 aliphatic rings. The first kappa shape index (κ1) is 8.35. The summed E-state index contributed by atoms with van der Waals surface area (Å²) in [4.78, 5) is 6.55. The van der Waals surface area contributed by atoms with Gasteiger partial charge in [-0.15, -0.1) is 0 Å². The van der Waals surface area contributed by atoms with Gasteiger partial charge in [0.1, 0.15) is 5.66 Å². The van der Waals surface area contributed by atoms with E-state index < -0.39 is 0 Å². The van der Waals surface area contributed by atoms with E-state index in [9.17, 15) is 0 Å². The van der Waals surface area contributed by atoms with Crippen molar-refractivity contribution in [1.29, 1.82) is 0 Å². The molecule has 0 amide bonds. The smallest absolute Gasteiger partial charge is 0.153 e. The van der Waals surface area contributed by atoms with Crippen LogP contribution in [0.25, 0.3) is 0 Å². The quantitative estimate of drug-likeness (QED) is 0.657. The van der Waals surface area contributed by atoms with Crippen LogP contribution in [0.1, 0.15) is 19.4 Å². The summed E-state index contributed by atoms with van der Waals surface area (Å²) in [6, 6.07) is 2.13. The minimum atomic E-state index is -0.0247. The van der Waals surface area contributed by atoms with Crippen molar-refractivity contribution < 1.29 is 0 Å². The first-order valence-electron chi connectivity index (χ1n) is 4.49. The van der Waals surface area contributed by atoms with Crippen molar-refractivity contribution in [2.45, 2.75) is 26.4 Å². The van der Waals surface area contributed by atoms with Gasteiger partial charge in [0.2, 0.25) is 0 Å². The molecule has 1 aromatic rings. The van der Waals surface area contributed by atoms with Crippen molar-refractivity contribution in [2.75, 3.05) is 17.3 Å². The van der Waals surface area contributed by atoms with Crippen LogP contribution >= 0.6 is 0 Å². The first-order valence-corrected chi connectivity index (χ1v) is 4.49. The Labute approximate surface area is 78.8 Å². The molecule has 2 heterocycles. The number of aromatic nitrogens is 1. The Balaban J connectivity index is 2.50. The van der Waals surface area contributed by atoms with E-state index >= 15 is 0 Å². The van der Waals surface area contributed by atoms with Crippen LogP contribution in [-0.4, -0.2) is 17.7 Å². The Morgan fingerprint density at radius 3 is 2.85 bits per heavy atom. The molecule has 3 nitrogen and oxygen atoms in total. The highest BCUT2D eigenvalue weighted by molar-refractivity contribution is 5.73. The Kier molecular flexibility index (Phi) is 1.53. The number of aryl methyl sites for hydroxylation is 1. The number of fused-ring (bicyclic) bond motifs is 1. The third kappa shape index (κ3) is 1.15. The summed E-state index contributed by atoms with van der Waals surface area (Å²) in [5, 5.41) is 3.43. The molecule has 1 aliphatic heterocycles. The minimum Gasteiger partial charge on any atom is -0.360 e. The Hall–Kier alpha value is -1.25. The lowest BCUT2D eigenvalue weighted by Gasteiger charge is -2.28. The fourth-order valence-corrected chi connectivity index (χ4v) is 1.60. The molecule has 0 bridgehead atoms. The van der Waals surface area contributed by atoms with Crippen molar-refractivity contribution in [2.24, 2.45) is 0 Å². The monoisotopic (exact) mass is 177 g/mol. The standard InChI is InChI=1S/C10H15N3/c1-7-5-8-9(11-6-7)13(4)10(2,3)12-8/h5-6,12H,1-4H3. The van der Waals surface area contributed by atoms with Crippen LogP contribution in [0.2, 0.25) is 0 Å². The molecular weight excluding hydrogens is 162 g/mol. The van der Waals surface area contributed by atoms with Crippen molar-refractivity contribution >= 4 is 11.5 Å². The molecule has 0 fully saturated rings. The normalized spacial score (nSPS) is 18.3. The average Bonchev–Trinajstić information content (AvgIpc) is 2.22. The van der Waals surface area contributed by atoms with Crippen molar-refractivity contribution in [3.8, 4) is 0 Å². The molecule has 13 heavy (non-hydrogen) atoms. The predicted molar refractivity (Wildman–Crippen MR) is 55.1 cm³/mol. The topological polar surface area (TPSA) is 28.2 Å². The average molecular weight is 177 g/mol. The molecule has 70 valence electrons. The van der Waals surface area contributed by atoms with Crippen molar-refractivity contribution in [3.63, 3.8) is 0 Å². The van der Waals surface area contributed by atoms with Gasteiger partial charge in [-0.25, -0.2) is 4.98 Å². The highest BCUT2D eigenvalue weighted by Crippen LogP contribution is 2.36. The van der Waals surface area contributed by atoms with Crippen LogP contribution in [0.4, 0.5) is 11.5 Å². The number of pyridine rings is 1. The van der Waals surface area contributed by atoms with Gasteiger partial charge in [0.25, 0.3) is 0 Å². The number of hydrogen-bond acceptors (Lipinski definition) is 3. The van der Waals surface area contributed by atoms with Crippen LogP contribution in [-0.2, 0) is 0 Å². The van der Waals surface area contributed by atoms with E-state index in [1.165, 1.54) is 5.56 Å². The van der Waals surface area contributed by atoms with Gasteiger partial charge in [0.05, 0.1) is 5.69 Å². The summed E-state index contributed by atoms with van der Waals surface area (Å²) in [7, 11) is 2.06. The molecule has 3 heteroatoms. The van der Waals surface area contributed by atoms with E-state index in [1.807, 2.05) is 6.20 Å². The lowest BCUT2D eigenvalue weighted by molar-refractivity contribution is 0.576. The summed E-state index contributed by atoms with van der Waals surface area (Å²) in [6.45, 7) is 6.34. The van der Waals surface area contributed by atoms with Gasteiger partial charge < -0.3 is 10.2 Å². The van der Waals surface area contributed by atoms with Crippen LogP contribution < -0.4 is 10.2 Å². The first-order chi connectivity index (χ1) is 6.00. The summed E-state index contributed by atoms with van der Waals surface area (Å²) >= 11 is 0. The van der Waals surface area contributed by atoms with Crippen LogP contribution in [0.5, 0.6) is 0 Å². The van der Waals surface area contributed by atoms with Gasteiger partial charge in [0.15, 0.2) is 5.82 Å². The molecule has 0 atom stereocenters. The largest absolute Gasteiger partial charge is 0.360 e. The van der Waals surface area contributed by atoms with Crippen LogP contribution in [0.3, 0.4) is 0 Å². The van der Waals surface area contributed by atoms with E-state index in [4.69, 9.17) is 0 Å². The maximum Gasteiger partial charge on any atom is 0.153 e. The molecule has 1 N–H and O–H groups in total. The molecule has 0 aliphatic carbocycles. The SMILES string of the molecule is Cc1cnc2c(c1)NC(C)(C)N2C. The van der Waals surface area contributed by atoms with Crippen LogP contribution in [0.15, 0.2) is 12.3 Å². The third-order valence-electron chi connectivity index (χ3n) is 2.60. The second kappa shape index (κ2) is 2.37. The highest BCUT2D eigenvalue weighted by atomic mass is 15.4. The Morgan fingerprint density at radius 2 is 2.15 bits per heavy atom. The third-order valence-corrected chi connectivity index (χ3v) is 2.60. The van der Waals surface area contributed by atoms with E-state index in [0.717, 1.165) is 11.5 Å². The fourth-order valence-electron chi connectivity index (χ4n) is 1.60. The van der Waals surface area contributed by atoms with Gasteiger partial charge >= 0.3 is 0 Å². The maximum atomic E-state index is 4.40. The highest BCUT2D eigenvalue weighted by Gasteiger charge is 2.33. The van der Waals surface area contributed by atoms with E-state index in [0.29, 0.717) is 0 Å². The van der Waals surface area contributed by atoms with Gasteiger partial charge in [-0.1, -0.05) is 0 Å². The lowest BCUT2D eigenvalue weighted by atomic mass is 10.2. The zero-order valence-corrected chi connectivity index (χ0v) is 8.55. The van der Waals surface area contributed by atoms with Crippen molar-refractivity contribution in [1.82, 2.24) is 4.98 Å². The zero-order chi connectivity index (χ0) is 9.64. The number of hydrogen-bond donors (Lipinski definition) is 1. The second-order valence-electron chi connectivity index (χ2n) is 4.13. The van der Waals surface area contributed by atoms with Gasteiger partial charge in [-0.05, 0) is 32.4 Å². The Bertz CT molecular complexity index is 344. The van der Waals surface area contributed by atoms with E-state index in [2.05, 4.69) is 49.1 Å². The maximum absolute atomic E-state index is 4.40.